The van der Waals surface area contributed by atoms with Gasteiger partial charge in [-0.3, -0.25) is 4.79 Å². The zero-order chi connectivity index (χ0) is 28.1. The van der Waals surface area contributed by atoms with Crippen LogP contribution in [0.4, 0.5) is 0 Å². The fourth-order valence-corrected chi connectivity index (χ4v) is 5.99. The minimum atomic E-state index is -0.566. The normalized spacial score (nSPS) is 20.0. The van der Waals surface area contributed by atoms with Gasteiger partial charge in [-0.1, -0.05) is 48.2 Å². The molecular weight excluding hydrogens is 530 g/mol. The second-order valence-corrected chi connectivity index (χ2v) is 10.5. The van der Waals surface area contributed by atoms with E-state index >= 15 is 0 Å². The van der Waals surface area contributed by atoms with Crippen LogP contribution in [0.15, 0.2) is 75.9 Å². The Bertz CT molecular complexity index is 1350. The second-order valence-electron chi connectivity index (χ2n) is 9.69. The first-order valence-corrected chi connectivity index (χ1v) is 14.1. The highest BCUT2D eigenvalue weighted by Crippen LogP contribution is 2.46. The Morgan fingerprint density at radius 2 is 1.98 bits per heavy atom. The molecule has 0 radical (unpaired) electrons. The van der Waals surface area contributed by atoms with Crippen molar-refractivity contribution in [3.8, 4) is 11.5 Å². The van der Waals surface area contributed by atoms with Crippen molar-refractivity contribution in [1.29, 1.82) is 0 Å². The van der Waals surface area contributed by atoms with Crippen LogP contribution in [-0.2, 0) is 25.7 Å². The summed E-state index contributed by atoms with van der Waals surface area (Å²) >= 11 is 1.43. The number of nitrogens with one attached hydrogen (secondary N) is 1. The number of thioether (sulfide) groups is 1. The minimum Gasteiger partial charge on any atom is -0.493 e. The Kier molecular flexibility index (Phi) is 8.76. The summed E-state index contributed by atoms with van der Waals surface area (Å²) in [5.41, 5.74) is 3.53. The van der Waals surface area contributed by atoms with Crippen LogP contribution in [0.3, 0.4) is 0 Å². The van der Waals surface area contributed by atoms with Crippen LogP contribution in [0.5, 0.6) is 11.5 Å². The fourth-order valence-electron chi connectivity index (χ4n) is 5.02. The lowest BCUT2D eigenvalue weighted by Gasteiger charge is -2.36. The third-order valence-electron chi connectivity index (χ3n) is 7.04. The predicted octanol–water partition coefficient (Wildman–Crippen LogP) is 4.71. The molecule has 40 heavy (non-hydrogen) atoms. The molecule has 2 atom stereocenters. The Balaban J connectivity index is 1.41. The molecule has 0 saturated carbocycles. The van der Waals surface area contributed by atoms with Gasteiger partial charge in [-0.25, -0.2) is 9.79 Å². The molecule has 9 nitrogen and oxygen atoms in total. The molecule has 0 aliphatic carbocycles. The average molecular weight is 564 g/mol. The molecule has 1 fully saturated rings. The Morgan fingerprint density at radius 1 is 1.15 bits per heavy atom. The number of hydrogen-bond acceptors (Lipinski definition) is 9. The molecule has 3 aliphatic rings. The number of ether oxygens (including phenoxy) is 4. The van der Waals surface area contributed by atoms with Gasteiger partial charge in [-0.2, -0.15) is 0 Å². The van der Waals surface area contributed by atoms with Crippen LogP contribution in [0.1, 0.15) is 43.4 Å². The van der Waals surface area contributed by atoms with Gasteiger partial charge in [0.25, 0.3) is 0 Å². The molecule has 0 bridgehead atoms. The number of hydrogen-bond donors (Lipinski definition) is 1. The molecule has 210 valence electrons. The molecule has 10 heteroatoms. The molecule has 1 saturated heterocycles. The van der Waals surface area contributed by atoms with Gasteiger partial charge in [0.05, 0.1) is 44.1 Å². The first-order chi connectivity index (χ1) is 19.5. The minimum absolute atomic E-state index is 0.0577. The largest absolute Gasteiger partial charge is 0.493 e. The van der Waals surface area contributed by atoms with E-state index in [-0.39, 0.29) is 18.4 Å². The molecule has 3 aliphatic heterocycles. The zero-order valence-electron chi connectivity index (χ0n) is 22.8. The summed E-state index contributed by atoms with van der Waals surface area (Å²) in [6.45, 7) is 3.40. The average Bonchev–Trinajstić information content (AvgIpc) is 3.64. The third-order valence-corrected chi connectivity index (χ3v) is 7.93. The standard InChI is InChI=1S/C30H33N3O6S/c1-19-27(29(35)37-3)28(21-11-12-24(25(14-21)36-2)39-17-20-8-5-4-6-9-20)33-22(18-40-30(33)32-19)15-26(34)31-16-23-10-7-13-38-23/h4-6,8-9,11-12,14,18,23,28H,7,10,13,15-17H2,1-3H3,(H,31,34). The Hall–Kier alpha value is -3.76. The highest BCUT2D eigenvalue weighted by atomic mass is 32.2. The number of nitrogens with zero attached hydrogens (tertiary/aromatic N) is 2. The fraction of sp³-hybridized carbons (Fsp3) is 0.367. The van der Waals surface area contributed by atoms with Crippen molar-refractivity contribution in [1.82, 2.24) is 10.2 Å². The van der Waals surface area contributed by atoms with E-state index in [9.17, 15) is 9.59 Å². The summed E-state index contributed by atoms with van der Waals surface area (Å²) in [5, 5.41) is 5.60. The topological polar surface area (TPSA) is 98.7 Å². The zero-order valence-corrected chi connectivity index (χ0v) is 23.7. The number of esters is 1. The van der Waals surface area contributed by atoms with E-state index in [2.05, 4.69) is 10.3 Å². The van der Waals surface area contributed by atoms with Gasteiger partial charge in [-0.15, -0.1) is 0 Å². The van der Waals surface area contributed by atoms with Crippen molar-refractivity contribution in [3.63, 3.8) is 0 Å². The number of amides is 1. The number of methoxy groups -OCH3 is 2. The summed E-state index contributed by atoms with van der Waals surface area (Å²) in [6, 6.07) is 14.9. The van der Waals surface area contributed by atoms with E-state index in [1.54, 1.807) is 14.0 Å². The summed E-state index contributed by atoms with van der Waals surface area (Å²) in [5.74, 6) is 0.523. The summed E-state index contributed by atoms with van der Waals surface area (Å²) in [7, 11) is 2.94. The van der Waals surface area contributed by atoms with E-state index in [1.165, 1.54) is 18.9 Å². The number of carbonyl (C=O) groups excluding carboxylic acids is 2. The summed E-state index contributed by atoms with van der Waals surface area (Å²) < 4.78 is 22.6. The SMILES string of the molecule is COC(=O)C1=C(C)N=C2SC=C(CC(=O)NCC3CCCO3)N2C1c1ccc(OCc2ccccc2)c(OC)c1. The van der Waals surface area contributed by atoms with E-state index in [1.807, 2.05) is 58.8 Å². The van der Waals surface area contributed by atoms with Gasteiger partial charge in [0, 0.05) is 18.8 Å². The summed E-state index contributed by atoms with van der Waals surface area (Å²) in [4.78, 5) is 32.6. The lowest BCUT2D eigenvalue weighted by Crippen LogP contribution is -2.38. The van der Waals surface area contributed by atoms with Crippen LogP contribution in [0, 0.1) is 0 Å². The van der Waals surface area contributed by atoms with Crippen molar-refractivity contribution < 1.29 is 28.5 Å². The second kappa shape index (κ2) is 12.6. The number of rotatable bonds is 10. The number of amidine groups is 1. The smallest absolute Gasteiger partial charge is 0.338 e. The maximum absolute atomic E-state index is 13.1. The van der Waals surface area contributed by atoms with Gasteiger partial charge < -0.3 is 29.2 Å². The van der Waals surface area contributed by atoms with Crippen molar-refractivity contribution in [2.24, 2.45) is 4.99 Å². The van der Waals surface area contributed by atoms with Crippen molar-refractivity contribution in [3.05, 3.63) is 82.0 Å². The van der Waals surface area contributed by atoms with E-state index in [0.717, 1.165) is 36.3 Å². The van der Waals surface area contributed by atoms with Crippen LogP contribution in [0.25, 0.3) is 0 Å². The summed E-state index contributed by atoms with van der Waals surface area (Å²) in [6.07, 6.45) is 2.16. The van der Waals surface area contributed by atoms with E-state index in [0.29, 0.717) is 41.1 Å². The number of fused-ring (bicyclic) bond motifs is 1. The number of allylic oxidation sites excluding steroid dienone is 1. The molecule has 3 heterocycles. The monoisotopic (exact) mass is 563 g/mol. The van der Waals surface area contributed by atoms with Crippen LogP contribution in [0.2, 0.25) is 0 Å². The number of aliphatic imine (C=N–C) groups is 1. The first kappa shape index (κ1) is 27.8. The first-order valence-electron chi connectivity index (χ1n) is 13.2. The maximum Gasteiger partial charge on any atom is 0.338 e. The Labute approximate surface area is 238 Å². The molecule has 1 N–H and O–H groups in total. The van der Waals surface area contributed by atoms with Gasteiger partial charge in [0.2, 0.25) is 5.91 Å². The van der Waals surface area contributed by atoms with Crippen LogP contribution < -0.4 is 14.8 Å². The van der Waals surface area contributed by atoms with E-state index < -0.39 is 12.0 Å². The van der Waals surface area contributed by atoms with Gasteiger partial charge in [0.1, 0.15) is 6.61 Å². The van der Waals surface area contributed by atoms with Gasteiger partial charge in [0.15, 0.2) is 16.7 Å². The molecule has 2 unspecified atom stereocenters. The van der Waals surface area contributed by atoms with Gasteiger partial charge in [-0.05, 0) is 48.4 Å². The molecule has 2 aromatic carbocycles. The Morgan fingerprint density at radius 3 is 2.70 bits per heavy atom. The quantitative estimate of drug-likeness (QED) is 0.415. The third kappa shape index (κ3) is 6.03. The van der Waals surface area contributed by atoms with Crippen molar-refractivity contribution in [2.45, 2.75) is 44.9 Å². The lowest BCUT2D eigenvalue weighted by molar-refractivity contribution is -0.136. The molecule has 0 aromatic heterocycles. The molecule has 5 rings (SSSR count). The van der Waals surface area contributed by atoms with Crippen LogP contribution >= 0.6 is 11.8 Å². The molecular formula is C30H33N3O6S. The number of carbonyl (C=O) groups is 2. The maximum atomic E-state index is 13.1. The number of benzene rings is 2. The highest BCUT2D eigenvalue weighted by Gasteiger charge is 2.41. The molecule has 0 spiro atoms. The van der Waals surface area contributed by atoms with Gasteiger partial charge >= 0.3 is 5.97 Å². The highest BCUT2D eigenvalue weighted by molar-refractivity contribution is 8.16. The molecule has 2 aromatic rings. The lowest BCUT2D eigenvalue weighted by atomic mass is 9.93. The van der Waals surface area contributed by atoms with E-state index in [4.69, 9.17) is 18.9 Å². The van der Waals surface area contributed by atoms with Crippen LogP contribution in [-0.4, -0.2) is 55.4 Å². The predicted molar refractivity (Wildman–Crippen MR) is 153 cm³/mol. The molecule has 1 amide bonds. The van der Waals surface area contributed by atoms with Crippen molar-refractivity contribution >= 4 is 28.8 Å². The van der Waals surface area contributed by atoms with Crippen molar-refractivity contribution in [2.75, 3.05) is 27.4 Å².